The molecule has 0 radical (unpaired) electrons. The maximum atomic E-state index is 5.92. The molecule has 0 aromatic heterocycles. The van der Waals surface area contributed by atoms with Crippen molar-refractivity contribution in [3.8, 4) is 0 Å². The average Bonchev–Trinajstić information content (AvgIpc) is 2.01. The number of unbranched alkanes of at least 4 members (excludes halogenated alkanes) is 2. The molecule has 2 heteroatoms. The maximum absolute atomic E-state index is 5.92. The van der Waals surface area contributed by atoms with Gasteiger partial charge in [0.25, 0.3) is 0 Å². The van der Waals surface area contributed by atoms with E-state index in [9.17, 15) is 0 Å². The van der Waals surface area contributed by atoms with Crippen LogP contribution >= 0.6 is 0 Å². The van der Waals surface area contributed by atoms with Gasteiger partial charge in [0.05, 0.1) is 0 Å². The van der Waals surface area contributed by atoms with Crippen molar-refractivity contribution in [2.24, 2.45) is 11.1 Å². The molecule has 0 aromatic carbocycles. The van der Waals surface area contributed by atoms with Crippen LogP contribution in [0.5, 0.6) is 0 Å². The second-order valence-electron chi connectivity index (χ2n) is 6.21. The third-order valence-corrected chi connectivity index (χ3v) is 2.64. The first-order valence-corrected chi connectivity index (χ1v) is 6.26. The van der Waals surface area contributed by atoms with Gasteiger partial charge in [-0.1, -0.05) is 40.0 Å². The van der Waals surface area contributed by atoms with Crippen molar-refractivity contribution in [1.29, 1.82) is 0 Å². The predicted octanol–water partition coefficient (Wildman–Crippen LogP) is 2.92. The molecule has 0 aliphatic rings. The summed E-state index contributed by atoms with van der Waals surface area (Å²) in [4.78, 5) is 0. The van der Waals surface area contributed by atoms with Gasteiger partial charge >= 0.3 is 0 Å². The zero-order valence-electron chi connectivity index (χ0n) is 11.3. The summed E-state index contributed by atoms with van der Waals surface area (Å²) in [6.45, 7) is 13.0. The van der Waals surface area contributed by atoms with Crippen molar-refractivity contribution in [3.63, 3.8) is 0 Å². The van der Waals surface area contributed by atoms with Gasteiger partial charge in [0.2, 0.25) is 0 Å². The van der Waals surface area contributed by atoms with Crippen molar-refractivity contribution in [2.45, 2.75) is 65.8 Å². The van der Waals surface area contributed by atoms with E-state index in [1.54, 1.807) is 0 Å². The predicted molar refractivity (Wildman–Crippen MR) is 69.1 cm³/mol. The SMILES string of the molecule is CCCCCC(C)(C)CNCC(C)(C)N. The minimum atomic E-state index is -0.0977. The molecule has 92 valence electrons. The highest BCUT2D eigenvalue weighted by Crippen LogP contribution is 2.22. The highest BCUT2D eigenvalue weighted by Gasteiger charge is 2.18. The fourth-order valence-electron chi connectivity index (χ4n) is 1.66. The molecule has 0 rings (SSSR count). The normalized spacial score (nSPS) is 13.2. The fourth-order valence-corrected chi connectivity index (χ4v) is 1.66. The molecule has 0 saturated carbocycles. The Hall–Kier alpha value is -0.0800. The Bertz CT molecular complexity index is 156. The lowest BCUT2D eigenvalue weighted by atomic mass is 9.86. The van der Waals surface area contributed by atoms with E-state index in [4.69, 9.17) is 5.73 Å². The summed E-state index contributed by atoms with van der Waals surface area (Å²) in [5, 5.41) is 3.47. The van der Waals surface area contributed by atoms with Crippen molar-refractivity contribution in [2.75, 3.05) is 13.1 Å². The van der Waals surface area contributed by atoms with E-state index in [1.165, 1.54) is 25.7 Å². The summed E-state index contributed by atoms with van der Waals surface area (Å²) in [7, 11) is 0. The minimum Gasteiger partial charge on any atom is -0.324 e. The number of rotatable bonds is 8. The van der Waals surface area contributed by atoms with Gasteiger partial charge in [0.1, 0.15) is 0 Å². The van der Waals surface area contributed by atoms with Crippen LogP contribution < -0.4 is 11.1 Å². The van der Waals surface area contributed by atoms with Crippen LogP contribution in [0.4, 0.5) is 0 Å². The van der Waals surface area contributed by atoms with E-state index in [0.717, 1.165) is 13.1 Å². The monoisotopic (exact) mass is 214 g/mol. The van der Waals surface area contributed by atoms with Crippen LogP contribution in [0.1, 0.15) is 60.3 Å². The summed E-state index contributed by atoms with van der Waals surface area (Å²) < 4.78 is 0. The zero-order chi connectivity index (χ0) is 11.9. The molecule has 0 aliphatic carbocycles. The molecule has 0 saturated heterocycles. The van der Waals surface area contributed by atoms with Crippen molar-refractivity contribution >= 4 is 0 Å². The van der Waals surface area contributed by atoms with E-state index >= 15 is 0 Å². The van der Waals surface area contributed by atoms with Crippen LogP contribution in [-0.2, 0) is 0 Å². The lowest BCUT2D eigenvalue weighted by Crippen LogP contribution is -2.45. The Morgan fingerprint density at radius 1 is 1.00 bits per heavy atom. The third-order valence-electron chi connectivity index (χ3n) is 2.64. The Labute approximate surface area is 96.0 Å². The third kappa shape index (κ3) is 10.2. The lowest BCUT2D eigenvalue weighted by Gasteiger charge is -2.27. The van der Waals surface area contributed by atoms with Crippen molar-refractivity contribution in [1.82, 2.24) is 5.32 Å². The summed E-state index contributed by atoms with van der Waals surface area (Å²) in [5.41, 5.74) is 6.23. The van der Waals surface area contributed by atoms with Crippen LogP contribution in [0, 0.1) is 5.41 Å². The molecule has 0 fully saturated rings. The Morgan fingerprint density at radius 3 is 2.07 bits per heavy atom. The molecule has 0 heterocycles. The second-order valence-corrected chi connectivity index (χ2v) is 6.21. The zero-order valence-corrected chi connectivity index (χ0v) is 11.3. The number of hydrogen-bond acceptors (Lipinski definition) is 2. The van der Waals surface area contributed by atoms with Crippen LogP contribution in [-0.4, -0.2) is 18.6 Å². The molecule has 0 atom stereocenters. The Balaban J connectivity index is 3.64. The van der Waals surface area contributed by atoms with E-state index in [1.807, 2.05) is 0 Å². The van der Waals surface area contributed by atoms with Crippen molar-refractivity contribution < 1.29 is 0 Å². The van der Waals surface area contributed by atoms with E-state index in [2.05, 4.69) is 39.9 Å². The first kappa shape index (κ1) is 14.9. The second kappa shape index (κ2) is 6.49. The van der Waals surface area contributed by atoms with Crippen LogP contribution in [0.2, 0.25) is 0 Å². The first-order valence-electron chi connectivity index (χ1n) is 6.26. The molecule has 15 heavy (non-hydrogen) atoms. The highest BCUT2D eigenvalue weighted by molar-refractivity contribution is 4.78. The molecule has 3 N–H and O–H groups in total. The van der Waals surface area contributed by atoms with Gasteiger partial charge in [-0.25, -0.2) is 0 Å². The fraction of sp³-hybridized carbons (Fsp3) is 1.00. The molecule has 0 aliphatic heterocycles. The highest BCUT2D eigenvalue weighted by atomic mass is 14.9. The van der Waals surface area contributed by atoms with E-state index in [0.29, 0.717) is 5.41 Å². The standard InChI is InChI=1S/C13H30N2/c1-6-7-8-9-12(2,3)10-15-11-13(4,5)14/h15H,6-11,14H2,1-5H3. The Morgan fingerprint density at radius 2 is 1.60 bits per heavy atom. The van der Waals surface area contributed by atoms with Gasteiger partial charge in [-0.3, -0.25) is 0 Å². The lowest BCUT2D eigenvalue weighted by molar-refractivity contribution is 0.291. The van der Waals surface area contributed by atoms with Crippen LogP contribution in [0.3, 0.4) is 0 Å². The van der Waals surface area contributed by atoms with Gasteiger partial charge in [0.15, 0.2) is 0 Å². The molecule has 0 amide bonds. The van der Waals surface area contributed by atoms with Gasteiger partial charge in [-0.05, 0) is 25.7 Å². The molecule has 0 bridgehead atoms. The Kier molecular flexibility index (Phi) is 6.46. The largest absolute Gasteiger partial charge is 0.324 e. The summed E-state index contributed by atoms with van der Waals surface area (Å²) in [6, 6.07) is 0. The molecule has 0 spiro atoms. The van der Waals surface area contributed by atoms with Crippen molar-refractivity contribution in [3.05, 3.63) is 0 Å². The number of nitrogens with one attached hydrogen (secondary N) is 1. The molecule has 0 unspecified atom stereocenters. The maximum Gasteiger partial charge on any atom is 0.0223 e. The summed E-state index contributed by atoms with van der Waals surface area (Å²) >= 11 is 0. The van der Waals surface area contributed by atoms with Gasteiger partial charge in [-0.2, -0.15) is 0 Å². The molecular weight excluding hydrogens is 184 g/mol. The number of hydrogen-bond donors (Lipinski definition) is 2. The smallest absolute Gasteiger partial charge is 0.0223 e. The van der Waals surface area contributed by atoms with Crippen LogP contribution in [0.15, 0.2) is 0 Å². The van der Waals surface area contributed by atoms with E-state index in [-0.39, 0.29) is 5.54 Å². The van der Waals surface area contributed by atoms with Gasteiger partial charge in [0, 0.05) is 18.6 Å². The summed E-state index contributed by atoms with van der Waals surface area (Å²) in [5.74, 6) is 0. The molecular formula is C13H30N2. The average molecular weight is 214 g/mol. The molecule has 0 aromatic rings. The summed E-state index contributed by atoms with van der Waals surface area (Å²) in [6.07, 6.45) is 5.31. The van der Waals surface area contributed by atoms with Gasteiger partial charge in [-0.15, -0.1) is 0 Å². The first-order chi connectivity index (χ1) is 6.77. The number of nitrogens with two attached hydrogens (primary N) is 1. The topological polar surface area (TPSA) is 38.0 Å². The minimum absolute atomic E-state index is 0.0977. The van der Waals surface area contributed by atoms with Gasteiger partial charge < -0.3 is 11.1 Å². The van der Waals surface area contributed by atoms with Crippen LogP contribution in [0.25, 0.3) is 0 Å². The van der Waals surface area contributed by atoms with E-state index < -0.39 is 0 Å². The molecule has 2 nitrogen and oxygen atoms in total. The quantitative estimate of drug-likeness (QED) is 0.610.